The van der Waals surface area contributed by atoms with Crippen LogP contribution in [-0.4, -0.2) is 49.9 Å². The van der Waals surface area contributed by atoms with Gasteiger partial charge in [0.15, 0.2) is 0 Å². The van der Waals surface area contributed by atoms with Crippen LogP contribution < -0.4 is 10.2 Å². The molecule has 6 heteroatoms. The van der Waals surface area contributed by atoms with Crippen molar-refractivity contribution in [2.45, 2.75) is 13.0 Å². The van der Waals surface area contributed by atoms with Gasteiger partial charge in [-0.2, -0.15) is 0 Å². The van der Waals surface area contributed by atoms with Gasteiger partial charge in [-0.1, -0.05) is 0 Å². The van der Waals surface area contributed by atoms with Gasteiger partial charge in [0.2, 0.25) is 5.91 Å². The van der Waals surface area contributed by atoms with Crippen molar-refractivity contribution in [3.8, 4) is 0 Å². The molecule has 0 saturated carbocycles. The fraction of sp³-hybridized carbons (Fsp3) is 0.538. The molecule has 0 radical (unpaired) electrons. The minimum atomic E-state index is -0.586. The highest BCUT2D eigenvalue weighted by Crippen LogP contribution is 2.14. The van der Waals surface area contributed by atoms with Crippen molar-refractivity contribution in [3.63, 3.8) is 0 Å². The van der Waals surface area contributed by atoms with Gasteiger partial charge in [0, 0.05) is 20.7 Å². The standard InChI is InChI=1S/C13H21N3O3/c1-10(17)12-5-4-11(8-15-12)16(2)9-13(18)14-6-7-19-3/h4-5,8,10,17H,6-7,9H2,1-3H3,(H,14,18)/t10-/m1/s1. The van der Waals surface area contributed by atoms with E-state index in [0.717, 1.165) is 5.69 Å². The van der Waals surface area contributed by atoms with Crippen molar-refractivity contribution in [3.05, 3.63) is 24.0 Å². The van der Waals surface area contributed by atoms with E-state index in [1.54, 1.807) is 31.2 Å². The minimum absolute atomic E-state index is 0.0702. The van der Waals surface area contributed by atoms with Crippen LogP contribution in [-0.2, 0) is 9.53 Å². The number of nitrogens with zero attached hydrogens (tertiary/aromatic N) is 2. The molecule has 6 nitrogen and oxygen atoms in total. The average molecular weight is 267 g/mol. The molecule has 0 aliphatic heterocycles. The Labute approximate surface area is 113 Å². The van der Waals surface area contributed by atoms with E-state index in [-0.39, 0.29) is 12.5 Å². The second kappa shape index (κ2) is 7.70. The zero-order chi connectivity index (χ0) is 14.3. The summed E-state index contributed by atoms with van der Waals surface area (Å²) in [6.45, 7) is 2.91. The fourth-order valence-electron chi connectivity index (χ4n) is 1.53. The Morgan fingerprint density at radius 3 is 2.84 bits per heavy atom. The Morgan fingerprint density at radius 2 is 2.32 bits per heavy atom. The number of hydrogen-bond donors (Lipinski definition) is 2. The quantitative estimate of drug-likeness (QED) is 0.697. The highest BCUT2D eigenvalue weighted by Gasteiger charge is 2.08. The molecule has 0 aliphatic carbocycles. The number of aliphatic hydroxyl groups excluding tert-OH is 1. The number of methoxy groups -OCH3 is 1. The molecule has 0 bridgehead atoms. The van der Waals surface area contributed by atoms with Crippen LogP contribution in [0.2, 0.25) is 0 Å². The highest BCUT2D eigenvalue weighted by atomic mass is 16.5. The van der Waals surface area contributed by atoms with Crippen LogP contribution in [0.25, 0.3) is 0 Å². The van der Waals surface area contributed by atoms with Crippen LogP contribution >= 0.6 is 0 Å². The van der Waals surface area contributed by atoms with Gasteiger partial charge in [0.05, 0.1) is 36.8 Å². The molecule has 2 N–H and O–H groups in total. The molecular formula is C13H21N3O3. The lowest BCUT2D eigenvalue weighted by Gasteiger charge is -2.18. The third kappa shape index (κ3) is 5.23. The van der Waals surface area contributed by atoms with E-state index in [0.29, 0.717) is 18.8 Å². The molecule has 1 aromatic heterocycles. The lowest BCUT2D eigenvalue weighted by Crippen LogP contribution is -2.36. The Hall–Kier alpha value is -1.66. The van der Waals surface area contributed by atoms with E-state index in [4.69, 9.17) is 4.74 Å². The van der Waals surface area contributed by atoms with Crippen molar-refractivity contribution in [2.75, 3.05) is 38.8 Å². The largest absolute Gasteiger partial charge is 0.387 e. The summed E-state index contributed by atoms with van der Waals surface area (Å²) in [7, 11) is 3.41. The maximum Gasteiger partial charge on any atom is 0.239 e. The zero-order valence-electron chi connectivity index (χ0n) is 11.6. The number of likely N-dealkylation sites (N-methyl/N-ethyl adjacent to an activating group) is 1. The Morgan fingerprint density at radius 1 is 1.58 bits per heavy atom. The molecule has 0 unspecified atom stereocenters. The number of hydrogen-bond acceptors (Lipinski definition) is 5. The lowest BCUT2D eigenvalue weighted by molar-refractivity contribution is -0.119. The summed E-state index contributed by atoms with van der Waals surface area (Å²) in [5.74, 6) is -0.0702. The summed E-state index contributed by atoms with van der Waals surface area (Å²) < 4.78 is 4.86. The van der Waals surface area contributed by atoms with Crippen molar-refractivity contribution in [2.24, 2.45) is 0 Å². The third-order valence-corrected chi connectivity index (χ3v) is 2.65. The SMILES string of the molecule is COCCNC(=O)CN(C)c1ccc([C@@H](C)O)nc1. The summed E-state index contributed by atoms with van der Waals surface area (Å²) in [6, 6.07) is 3.58. The summed E-state index contributed by atoms with van der Waals surface area (Å²) in [4.78, 5) is 17.5. The summed E-state index contributed by atoms with van der Waals surface area (Å²) >= 11 is 0. The van der Waals surface area contributed by atoms with E-state index in [1.165, 1.54) is 0 Å². The summed E-state index contributed by atoms with van der Waals surface area (Å²) in [5.41, 5.74) is 1.44. The summed E-state index contributed by atoms with van der Waals surface area (Å²) in [5, 5.41) is 12.1. The second-order valence-electron chi connectivity index (χ2n) is 4.32. The molecule has 106 valence electrons. The van der Waals surface area contributed by atoms with Crippen molar-refractivity contribution >= 4 is 11.6 Å². The number of amides is 1. The van der Waals surface area contributed by atoms with Gasteiger partial charge < -0.3 is 20.1 Å². The Kier molecular flexibility index (Phi) is 6.24. The predicted octanol–water partition coefficient (Wildman–Crippen LogP) is 0.334. The molecule has 0 fully saturated rings. The lowest BCUT2D eigenvalue weighted by atomic mass is 10.2. The predicted molar refractivity (Wildman–Crippen MR) is 73.0 cm³/mol. The number of aliphatic hydroxyl groups is 1. The normalized spacial score (nSPS) is 12.0. The number of ether oxygens (including phenoxy) is 1. The summed E-state index contributed by atoms with van der Waals surface area (Å²) in [6.07, 6.45) is 1.06. The molecule has 0 saturated heterocycles. The Balaban J connectivity index is 2.48. The number of carbonyl (C=O) groups excluding carboxylic acids is 1. The number of anilines is 1. The highest BCUT2D eigenvalue weighted by molar-refractivity contribution is 5.81. The van der Waals surface area contributed by atoms with Gasteiger partial charge in [0.25, 0.3) is 0 Å². The third-order valence-electron chi connectivity index (χ3n) is 2.65. The first-order valence-electron chi connectivity index (χ1n) is 6.15. The second-order valence-corrected chi connectivity index (χ2v) is 4.32. The monoisotopic (exact) mass is 267 g/mol. The van der Waals surface area contributed by atoms with Crippen LogP contribution in [0.5, 0.6) is 0 Å². The molecule has 0 spiro atoms. The van der Waals surface area contributed by atoms with E-state index in [2.05, 4.69) is 10.3 Å². The van der Waals surface area contributed by atoms with E-state index >= 15 is 0 Å². The zero-order valence-corrected chi connectivity index (χ0v) is 11.6. The van der Waals surface area contributed by atoms with Gasteiger partial charge in [-0.25, -0.2) is 0 Å². The molecule has 19 heavy (non-hydrogen) atoms. The first-order valence-corrected chi connectivity index (χ1v) is 6.15. The van der Waals surface area contributed by atoms with Gasteiger partial charge in [-0.15, -0.1) is 0 Å². The molecule has 0 aliphatic rings. The number of pyridine rings is 1. The van der Waals surface area contributed by atoms with Crippen LogP contribution in [0.3, 0.4) is 0 Å². The topological polar surface area (TPSA) is 74.7 Å². The maximum atomic E-state index is 11.6. The first kappa shape index (κ1) is 15.4. The number of nitrogens with one attached hydrogen (secondary N) is 1. The van der Waals surface area contributed by atoms with Crippen LogP contribution in [0, 0.1) is 0 Å². The molecule has 1 atom stereocenters. The van der Waals surface area contributed by atoms with Gasteiger partial charge in [-0.3, -0.25) is 9.78 Å². The van der Waals surface area contributed by atoms with E-state index < -0.39 is 6.10 Å². The van der Waals surface area contributed by atoms with Gasteiger partial charge >= 0.3 is 0 Å². The van der Waals surface area contributed by atoms with Crippen LogP contribution in [0.1, 0.15) is 18.7 Å². The molecular weight excluding hydrogens is 246 g/mol. The minimum Gasteiger partial charge on any atom is -0.387 e. The van der Waals surface area contributed by atoms with Crippen LogP contribution in [0.4, 0.5) is 5.69 Å². The molecule has 1 heterocycles. The number of rotatable bonds is 7. The first-order chi connectivity index (χ1) is 9.04. The molecule has 1 aromatic rings. The van der Waals surface area contributed by atoms with E-state index in [1.807, 2.05) is 13.1 Å². The van der Waals surface area contributed by atoms with Gasteiger partial charge in [-0.05, 0) is 19.1 Å². The molecule has 0 aromatic carbocycles. The van der Waals surface area contributed by atoms with Gasteiger partial charge in [0.1, 0.15) is 0 Å². The van der Waals surface area contributed by atoms with E-state index in [9.17, 15) is 9.90 Å². The Bertz CT molecular complexity index is 393. The van der Waals surface area contributed by atoms with Crippen molar-refractivity contribution in [1.82, 2.24) is 10.3 Å². The smallest absolute Gasteiger partial charge is 0.239 e. The van der Waals surface area contributed by atoms with Crippen molar-refractivity contribution in [1.29, 1.82) is 0 Å². The maximum absolute atomic E-state index is 11.6. The van der Waals surface area contributed by atoms with Crippen molar-refractivity contribution < 1.29 is 14.6 Å². The fourth-order valence-corrected chi connectivity index (χ4v) is 1.53. The van der Waals surface area contributed by atoms with Crippen LogP contribution in [0.15, 0.2) is 18.3 Å². The average Bonchev–Trinajstić information content (AvgIpc) is 2.39. The number of aromatic nitrogens is 1. The molecule has 1 amide bonds. The number of carbonyl (C=O) groups is 1. The molecule has 1 rings (SSSR count).